The molecule has 1 amide bonds. The normalized spacial score (nSPS) is 11.7. The third-order valence-corrected chi connectivity index (χ3v) is 4.13. The lowest BCUT2D eigenvalue weighted by atomic mass is 10.1. The molecule has 0 unspecified atom stereocenters. The Balaban J connectivity index is 1.73. The van der Waals surface area contributed by atoms with Crippen LogP contribution in [0, 0.1) is 0 Å². The number of ether oxygens (including phenoxy) is 1. The molecule has 1 heterocycles. The van der Waals surface area contributed by atoms with Crippen molar-refractivity contribution in [3.63, 3.8) is 0 Å². The van der Waals surface area contributed by atoms with Crippen molar-refractivity contribution in [1.82, 2.24) is 9.55 Å². The van der Waals surface area contributed by atoms with Crippen LogP contribution in [0.1, 0.15) is 0 Å². The van der Waals surface area contributed by atoms with E-state index in [1.807, 2.05) is 12.1 Å². The SMILES string of the molecule is O=C(O)Nc1ccc2c(ccc3c2ncn3-c2ccc(OC(F)(F)F)cc2)c1. The Bertz CT molecular complexity index is 1180. The van der Waals surface area contributed by atoms with Crippen LogP contribution in [-0.4, -0.2) is 27.1 Å². The van der Waals surface area contributed by atoms with Crippen molar-refractivity contribution in [2.75, 3.05) is 5.32 Å². The van der Waals surface area contributed by atoms with Gasteiger partial charge in [0.15, 0.2) is 0 Å². The van der Waals surface area contributed by atoms with Crippen LogP contribution in [0.5, 0.6) is 5.75 Å². The highest BCUT2D eigenvalue weighted by atomic mass is 19.4. The molecule has 9 heteroatoms. The zero-order chi connectivity index (χ0) is 19.9. The predicted molar refractivity (Wildman–Crippen MR) is 96.9 cm³/mol. The average Bonchev–Trinajstić information content (AvgIpc) is 3.04. The van der Waals surface area contributed by atoms with Gasteiger partial charge >= 0.3 is 12.5 Å². The molecule has 6 nitrogen and oxygen atoms in total. The smallest absolute Gasteiger partial charge is 0.465 e. The molecular formula is C19H12F3N3O3. The summed E-state index contributed by atoms with van der Waals surface area (Å²) < 4.78 is 42.5. The molecule has 1 aromatic heterocycles. The first-order valence-electron chi connectivity index (χ1n) is 8.06. The van der Waals surface area contributed by atoms with Gasteiger partial charge in [-0.2, -0.15) is 0 Å². The maximum Gasteiger partial charge on any atom is 0.573 e. The quantitative estimate of drug-likeness (QED) is 0.509. The standard InChI is InChI=1S/C19H12F3N3O3/c20-19(21,22)28-14-5-3-13(4-6-14)25-10-23-17-15-7-2-12(24-18(26)27)9-11(15)1-8-16(17)25/h1-10,24H,(H,26,27). The number of hydrogen-bond acceptors (Lipinski definition) is 3. The predicted octanol–water partition coefficient (Wildman–Crippen LogP) is 5.17. The van der Waals surface area contributed by atoms with E-state index in [2.05, 4.69) is 15.0 Å². The van der Waals surface area contributed by atoms with E-state index in [4.69, 9.17) is 5.11 Å². The summed E-state index contributed by atoms with van der Waals surface area (Å²) in [6.07, 6.45) is -4.31. The molecular weight excluding hydrogens is 375 g/mol. The first-order valence-corrected chi connectivity index (χ1v) is 8.06. The molecule has 142 valence electrons. The Hall–Kier alpha value is -3.75. The first-order chi connectivity index (χ1) is 13.3. The second kappa shape index (κ2) is 6.45. The number of hydrogen-bond donors (Lipinski definition) is 2. The van der Waals surface area contributed by atoms with Crippen LogP contribution in [0.3, 0.4) is 0 Å². The van der Waals surface area contributed by atoms with Crippen molar-refractivity contribution in [3.8, 4) is 11.4 Å². The zero-order valence-electron chi connectivity index (χ0n) is 14.1. The summed E-state index contributed by atoms with van der Waals surface area (Å²) in [6, 6.07) is 14.2. The van der Waals surface area contributed by atoms with Crippen molar-refractivity contribution >= 4 is 33.6 Å². The number of aromatic nitrogens is 2. The molecule has 2 N–H and O–H groups in total. The highest BCUT2D eigenvalue weighted by Gasteiger charge is 2.31. The van der Waals surface area contributed by atoms with Gasteiger partial charge in [0.1, 0.15) is 12.1 Å². The highest BCUT2D eigenvalue weighted by Crippen LogP contribution is 2.29. The molecule has 0 aliphatic carbocycles. The number of halogens is 3. The number of benzene rings is 3. The number of amides is 1. The number of nitrogens with zero attached hydrogens (tertiary/aromatic N) is 2. The molecule has 0 aliphatic heterocycles. The van der Waals surface area contributed by atoms with Crippen LogP contribution < -0.4 is 10.1 Å². The van der Waals surface area contributed by atoms with Gasteiger partial charge in [0, 0.05) is 16.8 Å². The number of fused-ring (bicyclic) bond motifs is 3. The number of carbonyl (C=O) groups is 1. The summed E-state index contributed by atoms with van der Waals surface area (Å²) in [5.74, 6) is -0.301. The largest absolute Gasteiger partial charge is 0.573 e. The Morgan fingerprint density at radius 2 is 1.82 bits per heavy atom. The summed E-state index contributed by atoms with van der Waals surface area (Å²) in [7, 11) is 0. The van der Waals surface area contributed by atoms with Crippen molar-refractivity contribution in [2.24, 2.45) is 0 Å². The Labute approximate surface area is 155 Å². The van der Waals surface area contributed by atoms with E-state index in [0.29, 0.717) is 16.9 Å². The van der Waals surface area contributed by atoms with Gasteiger partial charge in [-0.15, -0.1) is 13.2 Å². The maximum absolute atomic E-state index is 12.3. The number of nitrogens with one attached hydrogen (secondary N) is 1. The molecule has 0 fully saturated rings. The number of imidazole rings is 1. The first kappa shape index (κ1) is 17.7. The average molecular weight is 387 g/mol. The molecule has 0 saturated carbocycles. The minimum Gasteiger partial charge on any atom is -0.465 e. The topological polar surface area (TPSA) is 76.4 Å². The van der Waals surface area contributed by atoms with Crippen LogP contribution >= 0.6 is 0 Å². The summed E-state index contributed by atoms with van der Waals surface area (Å²) in [4.78, 5) is 15.2. The molecule has 4 rings (SSSR count). The van der Waals surface area contributed by atoms with E-state index in [0.717, 1.165) is 16.3 Å². The molecule has 3 aromatic carbocycles. The third-order valence-electron chi connectivity index (χ3n) is 4.13. The van der Waals surface area contributed by atoms with E-state index in [1.165, 1.54) is 24.3 Å². The Morgan fingerprint density at radius 1 is 1.07 bits per heavy atom. The van der Waals surface area contributed by atoms with Crippen LogP contribution in [-0.2, 0) is 0 Å². The van der Waals surface area contributed by atoms with Crippen LogP contribution in [0.15, 0.2) is 60.9 Å². The molecule has 0 aliphatic rings. The summed E-state index contributed by atoms with van der Waals surface area (Å²) in [5.41, 5.74) is 2.52. The van der Waals surface area contributed by atoms with Gasteiger partial charge in [-0.05, 0) is 47.9 Å². The zero-order valence-corrected chi connectivity index (χ0v) is 14.1. The highest BCUT2D eigenvalue weighted by molar-refractivity contribution is 6.06. The van der Waals surface area contributed by atoms with E-state index in [-0.39, 0.29) is 5.75 Å². The monoisotopic (exact) mass is 387 g/mol. The van der Waals surface area contributed by atoms with Crippen LogP contribution in [0.4, 0.5) is 23.7 Å². The molecule has 0 spiro atoms. The summed E-state index contributed by atoms with van der Waals surface area (Å²) >= 11 is 0. The van der Waals surface area contributed by atoms with Crippen LogP contribution in [0.25, 0.3) is 27.5 Å². The fraction of sp³-hybridized carbons (Fsp3) is 0.0526. The number of carboxylic acid groups (broad SMARTS) is 1. The van der Waals surface area contributed by atoms with Crippen molar-refractivity contribution < 1.29 is 27.8 Å². The second-order valence-corrected chi connectivity index (χ2v) is 5.96. The van der Waals surface area contributed by atoms with E-state index in [1.54, 1.807) is 29.1 Å². The minimum atomic E-state index is -4.74. The molecule has 0 bridgehead atoms. The Morgan fingerprint density at radius 3 is 2.50 bits per heavy atom. The maximum atomic E-state index is 12.3. The van der Waals surface area contributed by atoms with Crippen molar-refractivity contribution in [1.29, 1.82) is 0 Å². The van der Waals surface area contributed by atoms with Gasteiger partial charge in [-0.3, -0.25) is 9.88 Å². The van der Waals surface area contributed by atoms with Gasteiger partial charge in [-0.1, -0.05) is 12.1 Å². The minimum absolute atomic E-state index is 0.301. The molecule has 0 atom stereocenters. The molecule has 0 saturated heterocycles. The fourth-order valence-electron chi connectivity index (χ4n) is 3.03. The fourth-order valence-corrected chi connectivity index (χ4v) is 3.03. The van der Waals surface area contributed by atoms with Crippen molar-refractivity contribution in [2.45, 2.75) is 6.36 Å². The van der Waals surface area contributed by atoms with Gasteiger partial charge in [-0.25, -0.2) is 9.78 Å². The van der Waals surface area contributed by atoms with Gasteiger partial charge in [0.2, 0.25) is 0 Å². The molecule has 4 aromatic rings. The lowest BCUT2D eigenvalue weighted by Gasteiger charge is -2.10. The van der Waals surface area contributed by atoms with E-state index >= 15 is 0 Å². The van der Waals surface area contributed by atoms with Gasteiger partial charge in [0.05, 0.1) is 11.0 Å². The molecule has 28 heavy (non-hydrogen) atoms. The van der Waals surface area contributed by atoms with Crippen molar-refractivity contribution in [3.05, 3.63) is 60.9 Å². The van der Waals surface area contributed by atoms with Crippen LogP contribution in [0.2, 0.25) is 0 Å². The second-order valence-electron chi connectivity index (χ2n) is 5.96. The third kappa shape index (κ3) is 3.41. The number of rotatable bonds is 3. The number of alkyl halides is 3. The van der Waals surface area contributed by atoms with E-state index < -0.39 is 12.5 Å². The molecule has 0 radical (unpaired) electrons. The van der Waals surface area contributed by atoms with Gasteiger partial charge in [0.25, 0.3) is 0 Å². The number of anilines is 1. The van der Waals surface area contributed by atoms with Gasteiger partial charge < -0.3 is 9.84 Å². The summed E-state index contributed by atoms with van der Waals surface area (Å²) in [6.45, 7) is 0. The van der Waals surface area contributed by atoms with E-state index in [9.17, 15) is 18.0 Å². The summed E-state index contributed by atoms with van der Waals surface area (Å²) in [5, 5.41) is 12.7. The lowest BCUT2D eigenvalue weighted by molar-refractivity contribution is -0.274. The lowest BCUT2D eigenvalue weighted by Crippen LogP contribution is -2.17. The Kier molecular flexibility index (Phi) is 4.07.